The number of fused-ring (bicyclic) bond motifs is 1. The number of nitrogens with zero attached hydrogens (tertiary/aromatic N) is 1. The molecule has 0 unspecified atom stereocenters. The molecule has 0 aliphatic heterocycles. The number of benzene rings is 1. The third kappa shape index (κ3) is 1.11. The van der Waals surface area contributed by atoms with Crippen LogP contribution in [0.1, 0.15) is 5.56 Å². The van der Waals surface area contributed by atoms with Crippen molar-refractivity contribution in [2.75, 3.05) is 0 Å². The lowest BCUT2D eigenvalue weighted by atomic mass is 10.1. The van der Waals surface area contributed by atoms with Gasteiger partial charge in [-0.3, -0.25) is 9.89 Å². The Morgan fingerprint density at radius 2 is 2.23 bits per heavy atom. The summed E-state index contributed by atoms with van der Waals surface area (Å²) in [6.07, 6.45) is 1.18. The molecule has 0 fully saturated rings. The molecule has 2 aromatic rings. The van der Waals surface area contributed by atoms with E-state index in [1.807, 2.05) is 0 Å². The number of aryl methyl sites for hydroxylation is 1. The summed E-state index contributed by atoms with van der Waals surface area (Å²) in [5.74, 6) is -0.337. The summed E-state index contributed by atoms with van der Waals surface area (Å²) in [5, 5.41) is 6.69. The van der Waals surface area contributed by atoms with E-state index in [4.69, 9.17) is 0 Å². The minimum atomic E-state index is -0.337. The van der Waals surface area contributed by atoms with E-state index in [9.17, 15) is 9.18 Å². The molecule has 66 valence electrons. The van der Waals surface area contributed by atoms with Crippen molar-refractivity contribution < 1.29 is 4.39 Å². The van der Waals surface area contributed by atoms with E-state index >= 15 is 0 Å². The lowest BCUT2D eigenvalue weighted by Gasteiger charge is -2.00. The maximum absolute atomic E-state index is 13.0. The standard InChI is InChI=1S/C9H7FN2O/c1-5-7(10)3-2-6-8(13)4-11-12-9(5)6/h2-4H,1H3,(H,12,13). The largest absolute Gasteiger partial charge is 0.287 e. The number of hydrogen-bond acceptors (Lipinski definition) is 2. The molecule has 1 aromatic heterocycles. The Hall–Kier alpha value is -1.71. The van der Waals surface area contributed by atoms with Crippen LogP contribution in [0.2, 0.25) is 0 Å². The highest BCUT2D eigenvalue weighted by molar-refractivity contribution is 5.80. The van der Waals surface area contributed by atoms with Gasteiger partial charge < -0.3 is 0 Å². The summed E-state index contributed by atoms with van der Waals surface area (Å²) >= 11 is 0. The second kappa shape index (κ2) is 2.65. The van der Waals surface area contributed by atoms with E-state index in [1.54, 1.807) is 6.92 Å². The molecule has 0 saturated heterocycles. The van der Waals surface area contributed by atoms with Gasteiger partial charge in [0.2, 0.25) is 5.43 Å². The van der Waals surface area contributed by atoms with Crippen molar-refractivity contribution in [3.8, 4) is 0 Å². The zero-order valence-electron chi connectivity index (χ0n) is 6.97. The van der Waals surface area contributed by atoms with Gasteiger partial charge in [0.05, 0.1) is 11.7 Å². The molecule has 0 amide bonds. The number of halogens is 1. The van der Waals surface area contributed by atoms with Crippen LogP contribution in [0.25, 0.3) is 10.9 Å². The topological polar surface area (TPSA) is 45.8 Å². The molecule has 0 bridgehead atoms. The zero-order valence-corrected chi connectivity index (χ0v) is 6.97. The Labute approximate surface area is 73.2 Å². The van der Waals surface area contributed by atoms with Crippen LogP contribution in [-0.4, -0.2) is 10.2 Å². The van der Waals surface area contributed by atoms with Crippen LogP contribution in [0.4, 0.5) is 4.39 Å². The summed E-state index contributed by atoms with van der Waals surface area (Å²) in [6.45, 7) is 1.61. The van der Waals surface area contributed by atoms with Gasteiger partial charge in [-0.1, -0.05) is 0 Å². The Bertz CT molecular complexity index is 518. The maximum atomic E-state index is 13.0. The van der Waals surface area contributed by atoms with Crippen LogP contribution in [-0.2, 0) is 0 Å². The average molecular weight is 178 g/mol. The summed E-state index contributed by atoms with van der Waals surface area (Å²) in [4.78, 5) is 11.2. The first-order chi connectivity index (χ1) is 6.20. The lowest BCUT2D eigenvalue weighted by molar-refractivity contribution is 0.620. The molecule has 0 atom stereocenters. The molecule has 3 nitrogen and oxygen atoms in total. The number of aromatic amines is 1. The fourth-order valence-corrected chi connectivity index (χ4v) is 1.26. The van der Waals surface area contributed by atoms with E-state index in [0.29, 0.717) is 16.5 Å². The van der Waals surface area contributed by atoms with E-state index in [0.717, 1.165) is 0 Å². The fourth-order valence-electron chi connectivity index (χ4n) is 1.26. The van der Waals surface area contributed by atoms with Crippen molar-refractivity contribution in [1.29, 1.82) is 0 Å². The summed E-state index contributed by atoms with van der Waals surface area (Å²) in [5.41, 5.74) is 0.687. The number of nitrogens with one attached hydrogen (secondary N) is 1. The molecule has 2 rings (SSSR count). The Kier molecular flexibility index (Phi) is 1.62. The SMILES string of the molecule is Cc1c(F)ccc2c(=O)cn[nH]c12. The highest BCUT2D eigenvalue weighted by Crippen LogP contribution is 2.14. The van der Waals surface area contributed by atoms with Crippen LogP contribution < -0.4 is 5.43 Å². The molecule has 0 saturated carbocycles. The second-order valence-corrected chi connectivity index (χ2v) is 2.83. The Balaban J connectivity index is 3.03. The molecule has 0 spiro atoms. The summed E-state index contributed by atoms with van der Waals surface area (Å²) in [6, 6.07) is 2.74. The molecule has 0 aliphatic rings. The predicted octanol–water partition coefficient (Wildman–Crippen LogP) is 1.37. The first-order valence-electron chi connectivity index (χ1n) is 3.82. The highest BCUT2D eigenvalue weighted by atomic mass is 19.1. The van der Waals surface area contributed by atoms with E-state index < -0.39 is 0 Å². The number of hydrogen-bond donors (Lipinski definition) is 1. The van der Waals surface area contributed by atoms with Crippen LogP contribution in [0.5, 0.6) is 0 Å². The molecule has 0 aliphatic carbocycles. The van der Waals surface area contributed by atoms with Gasteiger partial charge in [0.1, 0.15) is 5.82 Å². The van der Waals surface area contributed by atoms with Crippen LogP contribution >= 0.6 is 0 Å². The van der Waals surface area contributed by atoms with Crippen molar-refractivity contribution in [3.05, 3.63) is 39.9 Å². The van der Waals surface area contributed by atoms with Crippen molar-refractivity contribution in [1.82, 2.24) is 10.2 Å². The predicted molar refractivity (Wildman–Crippen MR) is 47.1 cm³/mol. The van der Waals surface area contributed by atoms with Gasteiger partial charge in [0.15, 0.2) is 0 Å². The molecule has 13 heavy (non-hydrogen) atoms. The molecule has 1 heterocycles. The normalized spacial score (nSPS) is 10.6. The van der Waals surface area contributed by atoms with Gasteiger partial charge in [-0.2, -0.15) is 5.10 Å². The quantitative estimate of drug-likeness (QED) is 0.662. The van der Waals surface area contributed by atoms with E-state index in [-0.39, 0.29) is 11.2 Å². The summed E-state index contributed by atoms with van der Waals surface area (Å²) in [7, 11) is 0. The number of aromatic nitrogens is 2. The minimum absolute atomic E-state index is 0.197. The molecule has 0 radical (unpaired) electrons. The van der Waals surface area contributed by atoms with Gasteiger partial charge in [-0.25, -0.2) is 4.39 Å². The first kappa shape index (κ1) is 7.91. The average Bonchev–Trinajstić information content (AvgIpc) is 2.12. The van der Waals surface area contributed by atoms with Crippen molar-refractivity contribution >= 4 is 10.9 Å². The van der Waals surface area contributed by atoms with Crippen molar-refractivity contribution in [2.24, 2.45) is 0 Å². The van der Waals surface area contributed by atoms with Gasteiger partial charge in [0.25, 0.3) is 0 Å². The Morgan fingerprint density at radius 1 is 1.46 bits per heavy atom. The van der Waals surface area contributed by atoms with Crippen LogP contribution in [0, 0.1) is 12.7 Å². The third-order valence-electron chi connectivity index (χ3n) is 2.02. The fraction of sp³-hybridized carbons (Fsp3) is 0.111. The second-order valence-electron chi connectivity index (χ2n) is 2.83. The molecule has 4 heteroatoms. The van der Waals surface area contributed by atoms with Crippen molar-refractivity contribution in [3.63, 3.8) is 0 Å². The monoisotopic (exact) mass is 178 g/mol. The summed E-state index contributed by atoms with van der Waals surface area (Å²) < 4.78 is 13.0. The smallest absolute Gasteiger partial charge is 0.207 e. The van der Waals surface area contributed by atoms with E-state index in [2.05, 4.69) is 10.2 Å². The van der Waals surface area contributed by atoms with E-state index in [1.165, 1.54) is 18.3 Å². The van der Waals surface area contributed by atoms with Gasteiger partial charge >= 0.3 is 0 Å². The Morgan fingerprint density at radius 3 is 3.00 bits per heavy atom. The molecule has 1 aromatic carbocycles. The minimum Gasteiger partial charge on any atom is -0.287 e. The van der Waals surface area contributed by atoms with Crippen molar-refractivity contribution in [2.45, 2.75) is 6.92 Å². The van der Waals surface area contributed by atoms with Crippen LogP contribution in [0.3, 0.4) is 0 Å². The lowest BCUT2D eigenvalue weighted by Crippen LogP contribution is -2.04. The maximum Gasteiger partial charge on any atom is 0.207 e. The molecule has 1 N–H and O–H groups in total. The van der Waals surface area contributed by atoms with Gasteiger partial charge in [0, 0.05) is 10.9 Å². The number of H-pyrrole nitrogens is 1. The first-order valence-corrected chi connectivity index (χ1v) is 3.82. The number of rotatable bonds is 0. The van der Waals surface area contributed by atoms with Crippen LogP contribution in [0.15, 0.2) is 23.1 Å². The molecular formula is C9H7FN2O. The molecular weight excluding hydrogens is 171 g/mol. The van der Waals surface area contributed by atoms with Gasteiger partial charge in [-0.05, 0) is 19.1 Å². The highest BCUT2D eigenvalue weighted by Gasteiger charge is 2.05. The van der Waals surface area contributed by atoms with Gasteiger partial charge in [-0.15, -0.1) is 0 Å². The third-order valence-corrected chi connectivity index (χ3v) is 2.02. The zero-order chi connectivity index (χ0) is 9.42.